The molecule has 6 heteroatoms. The standard InChI is InChI=1S/C20H19N3O3/c24-18(9-14-10-22-19-15(14)7-4-8-21-19)23-11-16(17(12-23)20(25)26)13-5-2-1-3-6-13/h1-8,10,16-17H,9,11-12H2,(H,21,22)(H,25,26). The maximum absolute atomic E-state index is 12.8. The first-order valence-electron chi connectivity index (χ1n) is 8.60. The minimum absolute atomic E-state index is 0.0561. The van der Waals surface area contributed by atoms with Crippen LogP contribution in [0.1, 0.15) is 17.0 Å². The van der Waals surface area contributed by atoms with Crippen molar-refractivity contribution in [1.29, 1.82) is 0 Å². The lowest BCUT2D eigenvalue weighted by Crippen LogP contribution is -2.31. The van der Waals surface area contributed by atoms with Crippen LogP contribution in [0.2, 0.25) is 0 Å². The first-order valence-corrected chi connectivity index (χ1v) is 8.60. The Balaban J connectivity index is 1.54. The number of carbonyl (C=O) groups excluding carboxylic acids is 1. The molecule has 1 aliphatic rings. The summed E-state index contributed by atoms with van der Waals surface area (Å²) in [5.74, 6) is -1.67. The Kier molecular flexibility index (Phi) is 4.16. The van der Waals surface area contributed by atoms with Gasteiger partial charge in [0.15, 0.2) is 0 Å². The second-order valence-electron chi connectivity index (χ2n) is 6.65. The second kappa shape index (κ2) is 6.63. The van der Waals surface area contributed by atoms with Gasteiger partial charge in [-0.2, -0.15) is 0 Å². The van der Waals surface area contributed by atoms with Gasteiger partial charge in [-0.25, -0.2) is 4.98 Å². The summed E-state index contributed by atoms with van der Waals surface area (Å²) in [6.07, 6.45) is 3.74. The van der Waals surface area contributed by atoms with E-state index in [1.165, 1.54) is 0 Å². The van der Waals surface area contributed by atoms with Crippen LogP contribution in [0.15, 0.2) is 54.9 Å². The van der Waals surface area contributed by atoms with Gasteiger partial charge in [0.2, 0.25) is 5.91 Å². The SMILES string of the molecule is O=C(O)C1CN(C(=O)Cc2c[nH]c3ncccc23)CC1c1ccccc1. The first-order chi connectivity index (χ1) is 12.6. The number of aliphatic carboxylic acids is 1. The Hall–Kier alpha value is -3.15. The Morgan fingerprint density at radius 3 is 2.73 bits per heavy atom. The molecule has 0 spiro atoms. The van der Waals surface area contributed by atoms with Crippen molar-refractivity contribution in [2.24, 2.45) is 5.92 Å². The number of pyridine rings is 1. The molecule has 1 amide bonds. The molecule has 3 heterocycles. The number of aromatic amines is 1. The zero-order valence-corrected chi connectivity index (χ0v) is 14.1. The van der Waals surface area contributed by atoms with Crippen molar-refractivity contribution in [1.82, 2.24) is 14.9 Å². The normalized spacial score (nSPS) is 19.8. The maximum Gasteiger partial charge on any atom is 0.308 e. The molecule has 4 rings (SSSR count). The largest absolute Gasteiger partial charge is 0.481 e. The van der Waals surface area contributed by atoms with Crippen molar-refractivity contribution in [3.05, 3.63) is 66.0 Å². The summed E-state index contributed by atoms with van der Waals surface area (Å²) >= 11 is 0. The van der Waals surface area contributed by atoms with Crippen molar-refractivity contribution >= 4 is 22.9 Å². The fourth-order valence-electron chi connectivity index (χ4n) is 3.73. The number of carboxylic acids is 1. The summed E-state index contributed by atoms with van der Waals surface area (Å²) < 4.78 is 0. The van der Waals surface area contributed by atoms with Gasteiger partial charge in [0.1, 0.15) is 5.65 Å². The van der Waals surface area contributed by atoms with Crippen LogP contribution in [0.4, 0.5) is 0 Å². The molecule has 2 N–H and O–H groups in total. The number of fused-ring (bicyclic) bond motifs is 1. The molecule has 1 fully saturated rings. The third kappa shape index (κ3) is 2.94. The minimum atomic E-state index is -0.856. The smallest absolute Gasteiger partial charge is 0.308 e. The van der Waals surface area contributed by atoms with E-state index in [0.717, 1.165) is 22.2 Å². The summed E-state index contributed by atoms with van der Waals surface area (Å²) in [5.41, 5.74) is 2.60. The summed E-state index contributed by atoms with van der Waals surface area (Å²) in [7, 11) is 0. The zero-order valence-electron chi connectivity index (χ0n) is 14.1. The predicted molar refractivity (Wildman–Crippen MR) is 96.7 cm³/mol. The highest BCUT2D eigenvalue weighted by Crippen LogP contribution is 2.33. The molecule has 6 nitrogen and oxygen atoms in total. The molecule has 2 aromatic heterocycles. The van der Waals surface area contributed by atoms with Gasteiger partial charge >= 0.3 is 5.97 Å². The van der Waals surface area contributed by atoms with Crippen LogP contribution in [0.3, 0.4) is 0 Å². The lowest BCUT2D eigenvalue weighted by molar-refractivity contribution is -0.141. The lowest BCUT2D eigenvalue weighted by atomic mass is 9.89. The Labute approximate surface area is 150 Å². The molecule has 2 atom stereocenters. The molecule has 1 aromatic carbocycles. The van der Waals surface area contributed by atoms with Crippen molar-refractivity contribution in [2.75, 3.05) is 13.1 Å². The van der Waals surface area contributed by atoms with Crippen molar-refractivity contribution in [3.8, 4) is 0 Å². The van der Waals surface area contributed by atoms with Crippen LogP contribution in [0.5, 0.6) is 0 Å². The number of benzene rings is 1. The van der Waals surface area contributed by atoms with E-state index in [1.54, 1.807) is 17.3 Å². The highest BCUT2D eigenvalue weighted by molar-refractivity contribution is 5.87. The van der Waals surface area contributed by atoms with Gasteiger partial charge in [-0.05, 0) is 23.3 Å². The number of carboxylic acid groups (broad SMARTS) is 1. The summed E-state index contributed by atoms with van der Waals surface area (Å²) in [4.78, 5) is 33.5. The van der Waals surface area contributed by atoms with E-state index in [4.69, 9.17) is 0 Å². The van der Waals surface area contributed by atoms with Crippen LogP contribution >= 0.6 is 0 Å². The van der Waals surface area contributed by atoms with Gasteiger partial charge in [0, 0.05) is 36.8 Å². The molecule has 0 saturated carbocycles. The number of nitrogens with zero attached hydrogens (tertiary/aromatic N) is 2. The first kappa shape index (κ1) is 16.3. The highest BCUT2D eigenvalue weighted by Gasteiger charge is 2.40. The van der Waals surface area contributed by atoms with E-state index < -0.39 is 11.9 Å². The molecule has 132 valence electrons. The second-order valence-corrected chi connectivity index (χ2v) is 6.65. The van der Waals surface area contributed by atoms with Gasteiger partial charge in [0.05, 0.1) is 12.3 Å². The topological polar surface area (TPSA) is 86.3 Å². The predicted octanol–water partition coefficient (Wildman–Crippen LogP) is 2.43. The fourth-order valence-corrected chi connectivity index (χ4v) is 3.73. The number of carbonyl (C=O) groups is 2. The average Bonchev–Trinajstić information content (AvgIpc) is 3.28. The number of aromatic nitrogens is 2. The Bertz CT molecular complexity index is 951. The summed E-state index contributed by atoms with van der Waals surface area (Å²) in [5, 5.41) is 10.5. The van der Waals surface area contributed by atoms with E-state index in [0.29, 0.717) is 6.54 Å². The van der Waals surface area contributed by atoms with Gasteiger partial charge in [-0.3, -0.25) is 9.59 Å². The van der Waals surface area contributed by atoms with Crippen LogP contribution in [0.25, 0.3) is 11.0 Å². The molecule has 1 saturated heterocycles. The molecular weight excluding hydrogens is 330 g/mol. The summed E-state index contributed by atoms with van der Waals surface area (Å²) in [6, 6.07) is 13.3. The Morgan fingerprint density at radius 1 is 1.15 bits per heavy atom. The molecule has 0 bridgehead atoms. The molecule has 26 heavy (non-hydrogen) atoms. The molecule has 3 aromatic rings. The quantitative estimate of drug-likeness (QED) is 0.757. The van der Waals surface area contributed by atoms with Gasteiger partial charge in [0.25, 0.3) is 0 Å². The van der Waals surface area contributed by atoms with Crippen molar-refractivity contribution < 1.29 is 14.7 Å². The van der Waals surface area contributed by atoms with Crippen LogP contribution < -0.4 is 0 Å². The maximum atomic E-state index is 12.8. The van der Waals surface area contributed by atoms with E-state index in [2.05, 4.69) is 9.97 Å². The number of H-pyrrole nitrogens is 1. The number of nitrogens with one attached hydrogen (secondary N) is 1. The minimum Gasteiger partial charge on any atom is -0.481 e. The zero-order chi connectivity index (χ0) is 18.1. The van der Waals surface area contributed by atoms with Crippen LogP contribution in [-0.2, 0) is 16.0 Å². The van der Waals surface area contributed by atoms with Crippen LogP contribution in [0, 0.1) is 5.92 Å². The van der Waals surface area contributed by atoms with Gasteiger partial charge in [-0.15, -0.1) is 0 Å². The highest BCUT2D eigenvalue weighted by atomic mass is 16.4. The fraction of sp³-hybridized carbons (Fsp3) is 0.250. The summed E-state index contributed by atoms with van der Waals surface area (Å²) in [6.45, 7) is 0.675. The number of hydrogen-bond donors (Lipinski definition) is 2. The van der Waals surface area contributed by atoms with Crippen molar-refractivity contribution in [2.45, 2.75) is 12.3 Å². The number of likely N-dealkylation sites (tertiary alicyclic amines) is 1. The van der Waals surface area contributed by atoms with E-state index in [-0.39, 0.29) is 24.8 Å². The molecule has 1 aliphatic heterocycles. The average molecular weight is 349 g/mol. The monoisotopic (exact) mass is 349 g/mol. The Morgan fingerprint density at radius 2 is 1.96 bits per heavy atom. The van der Waals surface area contributed by atoms with Gasteiger partial charge < -0.3 is 15.0 Å². The van der Waals surface area contributed by atoms with Crippen LogP contribution in [-0.4, -0.2) is 44.9 Å². The number of hydrogen-bond acceptors (Lipinski definition) is 3. The molecule has 2 unspecified atom stereocenters. The third-order valence-corrected chi connectivity index (χ3v) is 5.10. The lowest BCUT2D eigenvalue weighted by Gasteiger charge is -2.16. The van der Waals surface area contributed by atoms with E-state index >= 15 is 0 Å². The van der Waals surface area contributed by atoms with E-state index in [1.807, 2.05) is 42.5 Å². The molecule has 0 radical (unpaired) electrons. The van der Waals surface area contributed by atoms with E-state index in [9.17, 15) is 14.7 Å². The van der Waals surface area contributed by atoms with Crippen molar-refractivity contribution in [3.63, 3.8) is 0 Å². The molecular formula is C20H19N3O3. The number of rotatable bonds is 4. The number of amides is 1. The molecule has 0 aliphatic carbocycles. The van der Waals surface area contributed by atoms with Gasteiger partial charge in [-0.1, -0.05) is 30.3 Å². The third-order valence-electron chi connectivity index (χ3n) is 5.10.